The molecule has 0 fully saturated rings. The lowest BCUT2D eigenvalue weighted by atomic mass is 10.1. The minimum atomic E-state index is -0.225. The maximum Gasteiger partial charge on any atom is 0.262 e. The molecular weight excluding hydrogens is 400 g/mol. The van der Waals surface area contributed by atoms with Crippen molar-refractivity contribution in [1.29, 1.82) is 0 Å². The number of hydrogen-bond acceptors (Lipinski definition) is 4. The number of amides is 1. The lowest BCUT2D eigenvalue weighted by molar-refractivity contribution is -0.118. The number of benzene rings is 3. The van der Waals surface area contributed by atoms with Crippen LogP contribution in [0.2, 0.25) is 5.02 Å². The van der Waals surface area contributed by atoms with Crippen LogP contribution in [-0.2, 0) is 11.3 Å². The third kappa shape index (κ3) is 5.91. The molecule has 2 N–H and O–H groups in total. The number of rotatable bonds is 8. The smallest absolute Gasteiger partial charge is 0.262 e. The molecule has 1 amide bonds. The van der Waals surface area contributed by atoms with E-state index in [4.69, 9.17) is 21.1 Å². The highest BCUT2D eigenvalue weighted by Crippen LogP contribution is 2.28. The van der Waals surface area contributed by atoms with Crippen molar-refractivity contribution in [3.05, 3.63) is 82.4 Å². The summed E-state index contributed by atoms with van der Waals surface area (Å²) in [7, 11) is 1.58. The van der Waals surface area contributed by atoms with Crippen molar-refractivity contribution >= 4 is 28.9 Å². The molecule has 0 spiro atoms. The fourth-order valence-electron chi connectivity index (χ4n) is 3.00. The molecule has 0 aliphatic heterocycles. The van der Waals surface area contributed by atoms with E-state index < -0.39 is 0 Å². The van der Waals surface area contributed by atoms with Gasteiger partial charge in [-0.05, 0) is 67.4 Å². The molecule has 156 valence electrons. The van der Waals surface area contributed by atoms with Crippen LogP contribution in [0.4, 0.5) is 11.4 Å². The Morgan fingerprint density at radius 3 is 2.43 bits per heavy atom. The topological polar surface area (TPSA) is 59.6 Å². The number of hydrogen-bond donors (Lipinski definition) is 2. The second kappa shape index (κ2) is 10.0. The first-order valence-electron chi connectivity index (χ1n) is 9.61. The highest BCUT2D eigenvalue weighted by molar-refractivity contribution is 6.30. The first-order chi connectivity index (χ1) is 14.4. The molecule has 0 saturated carbocycles. The Morgan fingerprint density at radius 1 is 0.967 bits per heavy atom. The van der Waals surface area contributed by atoms with Crippen LogP contribution in [-0.4, -0.2) is 19.6 Å². The summed E-state index contributed by atoms with van der Waals surface area (Å²) in [6.45, 7) is 4.49. The molecule has 3 aromatic carbocycles. The Morgan fingerprint density at radius 2 is 1.73 bits per heavy atom. The number of methoxy groups -OCH3 is 1. The van der Waals surface area contributed by atoms with Gasteiger partial charge in [-0.2, -0.15) is 0 Å². The highest BCUT2D eigenvalue weighted by Gasteiger charge is 2.10. The minimum absolute atomic E-state index is 0.105. The summed E-state index contributed by atoms with van der Waals surface area (Å²) in [6, 6.07) is 19.0. The lowest BCUT2D eigenvalue weighted by Crippen LogP contribution is -2.20. The maximum absolute atomic E-state index is 12.3. The Kier molecular flexibility index (Phi) is 7.20. The zero-order valence-electron chi connectivity index (χ0n) is 17.3. The van der Waals surface area contributed by atoms with Crippen molar-refractivity contribution in [2.45, 2.75) is 20.4 Å². The highest BCUT2D eigenvalue weighted by atomic mass is 35.5. The second-order valence-corrected chi connectivity index (χ2v) is 7.44. The van der Waals surface area contributed by atoms with Crippen LogP contribution >= 0.6 is 11.6 Å². The summed E-state index contributed by atoms with van der Waals surface area (Å²) in [5.41, 5.74) is 4.94. The molecule has 3 rings (SSSR count). The van der Waals surface area contributed by atoms with Crippen molar-refractivity contribution in [2.75, 3.05) is 24.4 Å². The summed E-state index contributed by atoms with van der Waals surface area (Å²) < 4.78 is 11.1. The van der Waals surface area contributed by atoms with E-state index in [9.17, 15) is 4.79 Å². The van der Waals surface area contributed by atoms with Crippen LogP contribution in [0.1, 0.15) is 16.7 Å². The molecule has 0 aliphatic rings. The van der Waals surface area contributed by atoms with Crippen molar-refractivity contribution in [2.24, 2.45) is 0 Å². The van der Waals surface area contributed by atoms with Crippen LogP contribution in [0.3, 0.4) is 0 Å². The van der Waals surface area contributed by atoms with Crippen molar-refractivity contribution in [3.63, 3.8) is 0 Å². The van der Waals surface area contributed by atoms with Crippen molar-refractivity contribution < 1.29 is 14.3 Å². The van der Waals surface area contributed by atoms with E-state index in [0.717, 1.165) is 28.1 Å². The predicted octanol–water partition coefficient (Wildman–Crippen LogP) is 5.60. The molecule has 0 atom stereocenters. The number of carbonyl (C=O) groups is 1. The molecule has 0 heterocycles. The monoisotopic (exact) mass is 424 g/mol. The zero-order chi connectivity index (χ0) is 21.5. The van der Waals surface area contributed by atoms with Gasteiger partial charge in [0.1, 0.15) is 0 Å². The van der Waals surface area contributed by atoms with Gasteiger partial charge in [0.05, 0.1) is 7.11 Å². The maximum atomic E-state index is 12.3. The Labute approximate surface area is 182 Å². The van der Waals surface area contributed by atoms with Gasteiger partial charge in [0.2, 0.25) is 0 Å². The first-order valence-corrected chi connectivity index (χ1v) is 9.98. The van der Waals surface area contributed by atoms with E-state index in [-0.39, 0.29) is 12.5 Å². The van der Waals surface area contributed by atoms with Gasteiger partial charge in [0.15, 0.2) is 18.1 Å². The van der Waals surface area contributed by atoms with Crippen LogP contribution in [0.5, 0.6) is 11.5 Å². The molecule has 30 heavy (non-hydrogen) atoms. The van der Waals surface area contributed by atoms with E-state index in [1.54, 1.807) is 7.11 Å². The fourth-order valence-corrected chi connectivity index (χ4v) is 3.12. The third-order valence-corrected chi connectivity index (χ3v) is 4.84. The average Bonchev–Trinajstić information content (AvgIpc) is 2.74. The molecule has 6 heteroatoms. The third-order valence-electron chi connectivity index (χ3n) is 4.58. The molecule has 0 aliphatic carbocycles. The number of carbonyl (C=O) groups excluding carboxylic acids is 1. The molecule has 0 saturated heterocycles. The Balaban J connectivity index is 1.57. The molecule has 0 radical (unpaired) electrons. The van der Waals surface area contributed by atoms with Crippen LogP contribution in [0, 0.1) is 13.8 Å². The van der Waals surface area contributed by atoms with Crippen molar-refractivity contribution in [1.82, 2.24) is 0 Å². The summed E-state index contributed by atoms with van der Waals surface area (Å²) in [6.07, 6.45) is 0. The predicted molar refractivity (Wildman–Crippen MR) is 122 cm³/mol. The molecule has 0 aromatic heterocycles. The summed E-state index contributed by atoms with van der Waals surface area (Å²) in [4.78, 5) is 12.3. The molecular formula is C24H25ClN2O3. The zero-order valence-corrected chi connectivity index (χ0v) is 18.0. The Hall–Kier alpha value is -3.18. The van der Waals surface area contributed by atoms with E-state index in [2.05, 4.69) is 10.6 Å². The quantitative estimate of drug-likeness (QED) is 0.494. The fraction of sp³-hybridized carbons (Fsp3) is 0.208. The standard InChI is InChI=1S/C24H25ClN2O3/c1-16-4-10-21(17(2)12-16)27-24(28)15-30-22-11-5-18(13-23(22)29-3)14-26-20-8-6-19(25)7-9-20/h4-13,26H,14-15H2,1-3H3,(H,27,28). The molecule has 5 nitrogen and oxygen atoms in total. The van der Waals surface area contributed by atoms with Crippen LogP contribution in [0.25, 0.3) is 0 Å². The second-order valence-electron chi connectivity index (χ2n) is 7.00. The van der Waals surface area contributed by atoms with Gasteiger partial charge < -0.3 is 20.1 Å². The van der Waals surface area contributed by atoms with Gasteiger partial charge >= 0.3 is 0 Å². The van der Waals surface area contributed by atoms with E-state index in [0.29, 0.717) is 23.1 Å². The molecule has 0 bridgehead atoms. The SMILES string of the molecule is COc1cc(CNc2ccc(Cl)cc2)ccc1OCC(=O)Nc1ccc(C)cc1C. The van der Waals surface area contributed by atoms with Gasteiger partial charge in [-0.3, -0.25) is 4.79 Å². The number of ether oxygens (including phenoxy) is 2. The summed E-state index contributed by atoms with van der Waals surface area (Å²) in [5.74, 6) is 0.866. The van der Waals surface area contributed by atoms with Gasteiger partial charge in [-0.15, -0.1) is 0 Å². The van der Waals surface area contributed by atoms with Gasteiger partial charge in [-0.25, -0.2) is 0 Å². The number of halogens is 1. The van der Waals surface area contributed by atoms with Gasteiger partial charge in [0.25, 0.3) is 5.91 Å². The summed E-state index contributed by atoms with van der Waals surface area (Å²) >= 11 is 5.91. The first kappa shape index (κ1) is 21.5. The summed E-state index contributed by atoms with van der Waals surface area (Å²) in [5, 5.41) is 6.90. The van der Waals surface area contributed by atoms with Crippen LogP contribution in [0.15, 0.2) is 60.7 Å². The Bertz CT molecular complexity index is 1020. The molecule has 3 aromatic rings. The van der Waals surface area contributed by atoms with E-state index in [1.807, 2.05) is 74.5 Å². The van der Waals surface area contributed by atoms with Gasteiger partial charge in [0, 0.05) is 22.9 Å². The molecule has 0 unspecified atom stereocenters. The lowest BCUT2D eigenvalue weighted by Gasteiger charge is -2.14. The largest absolute Gasteiger partial charge is 0.493 e. The van der Waals surface area contributed by atoms with Crippen molar-refractivity contribution in [3.8, 4) is 11.5 Å². The van der Waals surface area contributed by atoms with E-state index in [1.165, 1.54) is 0 Å². The van der Waals surface area contributed by atoms with E-state index >= 15 is 0 Å². The number of anilines is 2. The number of aryl methyl sites for hydroxylation is 2. The van der Waals surface area contributed by atoms with Gasteiger partial charge in [-0.1, -0.05) is 35.4 Å². The normalized spacial score (nSPS) is 10.4. The number of nitrogens with one attached hydrogen (secondary N) is 2. The average molecular weight is 425 g/mol. The minimum Gasteiger partial charge on any atom is -0.493 e. The van der Waals surface area contributed by atoms with Crippen LogP contribution < -0.4 is 20.1 Å².